The summed E-state index contributed by atoms with van der Waals surface area (Å²) in [6, 6.07) is 1.39. The molecule has 2 heterocycles. The van der Waals surface area contributed by atoms with E-state index in [-0.39, 0.29) is 6.10 Å². The van der Waals surface area contributed by atoms with Gasteiger partial charge in [0.25, 0.3) is 0 Å². The number of nitrogens with zero attached hydrogens (tertiary/aromatic N) is 1. The van der Waals surface area contributed by atoms with Gasteiger partial charge in [0.05, 0.1) is 6.10 Å². The average Bonchev–Trinajstić information content (AvgIpc) is 2.47. The third kappa shape index (κ3) is 2.36. The van der Waals surface area contributed by atoms with Gasteiger partial charge < -0.3 is 5.11 Å². The van der Waals surface area contributed by atoms with E-state index in [4.69, 9.17) is 0 Å². The zero-order chi connectivity index (χ0) is 10.8. The molecule has 0 saturated carbocycles. The summed E-state index contributed by atoms with van der Waals surface area (Å²) in [5.41, 5.74) is 0. The van der Waals surface area contributed by atoms with E-state index in [2.05, 4.69) is 18.7 Å². The van der Waals surface area contributed by atoms with Gasteiger partial charge in [0.1, 0.15) is 0 Å². The molecule has 2 saturated heterocycles. The monoisotopic (exact) mass is 211 g/mol. The topological polar surface area (TPSA) is 23.5 Å². The van der Waals surface area contributed by atoms with Crippen LogP contribution in [0.25, 0.3) is 0 Å². The van der Waals surface area contributed by atoms with Crippen LogP contribution in [0.4, 0.5) is 0 Å². The van der Waals surface area contributed by atoms with Crippen LogP contribution in [0.3, 0.4) is 0 Å². The Labute approximate surface area is 93.7 Å². The van der Waals surface area contributed by atoms with E-state index in [0.29, 0.717) is 12.1 Å². The first-order valence-electron chi connectivity index (χ1n) is 6.68. The van der Waals surface area contributed by atoms with Gasteiger partial charge in [-0.3, -0.25) is 4.90 Å². The summed E-state index contributed by atoms with van der Waals surface area (Å²) in [4.78, 5) is 2.70. The third-order valence-corrected chi connectivity index (χ3v) is 4.48. The highest BCUT2D eigenvalue weighted by Gasteiger charge is 2.40. The average molecular weight is 211 g/mol. The molecule has 2 nitrogen and oxygen atoms in total. The lowest BCUT2D eigenvalue weighted by Crippen LogP contribution is -2.46. The second-order valence-corrected chi connectivity index (χ2v) is 5.39. The van der Waals surface area contributed by atoms with Gasteiger partial charge in [0.2, 0.25) is 0 Å². The van der Waals surface area contributed by atoms with Crippen molar-refractivity contribution < 1.29 is 5.11 Å². The highest BCUT2D eigenvalue weighted by molar-refractivity contribution is 4.95. The highest BCUT2D eigenvalue weighted by Crippen LogP contribution is 2.36. The molecule has 0 aromatic carbocycles. The summed E-state index contributed by atoms with van der Waals surface area (Å²) in [7, 11) is 0. The van der Waals surface area contributed by atoms with Crippen LogP contribution in [-0.2, 0) is 0 Å². The molecule has 0 radical (unpaired) electrons. The molecule has 1 N–H and O–H groups in total. The molecular weight excluding hydrogens is 186 g/mol. The number of aliphatic hydroxyl groups excluding tert-OH is 1. The van der Waals surface area contributed by atoms with E-state index < -0.39 is 0 Å². The Kier molecular flexibility index (Phi) is 3.68. The lowest BCUT2D eigenvalue weighted by atomic mass is 9.96. The summed E-state index contributed by atoms with van der Waals surface area (Å²) >= 11 is 0. The molecule has 0 aliphatic carbocycles. The Balaban J connectivity index is 1.93. The summed E-state index contributed by atoms with van der Waals surface area (Å²) in [5, 5.41) is 9.73. The molecule has 2 rings (SSSR count). The maximum Gasteiger partial charge on any atom is 0.0570 e. The van der Waals surface area contributed by atoms with E-state index in [0.717, 1.165) is 18.8 Å². The summed E-state index contributed by atoms with van der Waals surface area (Å²) in [5.74, 6) is 0.864. The molecule has 88 valence electrons. The van der Waals surface area contributed by atoms with Crippen molar-refractivity contribution in [2.45, 2.75) is 70.6 Å². The molecule has 2 aliphatic rings. The number of aliphatic hydroxyl groups is 1. The standard InChI is InChI=1S/C13H25NO/c1-3-10(4-2)9-14-11-5-6-12(14)8-13(15)7-11/h10-13,15H,3-9H2,1-2H3. The summed E-state index contributed by atoms with van der Waals surface area (Å²) in [6.07, 6.45) is 7.28. The van der Waals surface area contributed by atoms with Gasteiger partial charge in [-0.05, 0) is 31.6 Å². The fraction of sp³-hybridized carbons (Fsp3) is 1.00. The van der Waals surface area contributed by atoms with Gasteiger partial charge in [-0.15, -0.1) is 0 Å². The highest BCUT2D eigenvalue weighted by atomic mass is 16.3. The fourth-order valence-electron chi connectivity index (χ4n) is 3.39. The largest absolute Gasteiger partial charge is 0.393 e. The van der Waals surface area contributed by atoms with Crippen LogP contribution in [0.2, 0.25) is 0 Å². The quantitative estimate of drug-likeness (QED) is 0.772. The Morgan fingerprint density at radius 1 is 1.13 bits per heavy atom. The minimum absolute atomic E-state index is 0.0135. The number of fused-ring (bicyclic) bond motifs is 2. The van der Waals surface area contributed by atoms with Crippen LogP contribution in [0, 0.1) is 5.92 Å². The minimum Gasteiger partial charge on any atom is -0.393 e. The van der Waals surface area contributed by atoms with Gasteiger partial charge >= 0.3 is 0 Å². The number of rotatable bonds is 4. The smallest absolute Gasteiger partial charge is 0.0570 e. The molecule has 0 amide bonds. The molecule has 15 heavy (non-hydrogen) atoms. The van der Waals surface area contributed by atoms with Gasteiger partial charge in [-0.2, -0.15) is 0 Å². The Hall–Kier alpha value is -0.0800. The predicted octanol–water partition coefficient (Wildman–Crippen LogP) is 2.41. The minimum atomic E-state index is -0.0135. The fourth-order valence-corrected chi connectivity index (χ4v) is 3.39. The van der Waals surface area contributed by atoms with Gasteiger partial charge in [-0.1, -0.05) is 26.7 Å². The molecule has 2 bridgehead atoms. The Morgan fingerprint density at radius 3 is 2.13 bits per heavy atom. The van der Waals surface area contributed by atoms with Gasteiger partial charge in [0.15, 0.2) is 0 Å². The molecule has 0 spiro atoms. The zero-order valence-corrected chi connectivity index (χ0v) is 10.2. The Bertz CT molecular complexity index is 189. The number of hydrogen-bond donors (Lipinski definition) is 1. The van der Waals surface area contributed by atoms with E-state index in [1.807, 2.05) is 0 Å². The predicted molar refractivity (Wildman–Crippen MR) is 62.8 cm³/mol. The lowest BCUT2D eigenvalue weighted by Gasteiger charge is -2.39. The molecule has 2 heteroatoms. The van der Waals surface area contributed by atoms with Crippen molar-refractivity contribution in [3.05, 3.63) is 0 Å². The van der Waals surface area contributed by atoms with Crippen molar-refractivity contribution in [1.29, 1.82) is 0 Å². The van der Waals surface area contributed by atoms with E-state index in [1.165, 1.54) is 32.2 Å². The number of piperidine rings is 1. The van der Waals surface area contributed by atoms with Crippen molar-refractivity contribution in [3.8, 4) is 0 Å². The van der Waals surface area contributed by atoms with E-state index in [1.54, 1.807) is 0 Å². The lowest BCUT2D eigenvalue weighted by molar-refractivity contribution is 0.0262. The molecule has 2 unspecified atom stereocenters. The van der Waals surface area contributed by atoms with Crippen LogP contribution in [-0.4, -0.2) is 34.7 Å². The van der Waals surface area contributed by atoms with E-state index >= 15 is 0 Å². The summed E-state index contributed by atoms with van der Waals surface area (Å²) in [6.45, 7) is 5.87. The molecular formula is C13H25NO. The third-order valence-electron chi connectivity index (χ3n) is 4.48. The maximum atomic E-state index is 9.73. The first-order valence-corrected chi connectivity index (χ1v) is 6.68. The second-order valence-electron chi connectivity index (χ2n) is 5.39. The van der Waals surface area contributed by atoms with Crippen LogP contribution in [0.1, 0.15) is 52.4 Å². The van der Waals surface area contributed by atoms with Crippen molar-refractivity contribution in [2.24, 2.45) is 5.92 Å². The van der Waals surface area contributed by atoms with Gasteiger partial charge in [0, 0.05) is 18.6 Å². The molecule has 2 fully saturated rings. The van der Waals surface area contributed by atoms with Gasteiger partial charge in [-0.25, -0.2) is 0 Å². The van der Waals surface area contributed by atoms with Crippen molar-refractivity contribution >= 4 is 0 Å². The second kappa shape index (κ2) is 4.84. The molecule has 2 atom stereocenters. The number of hydrogen-bond acceptors (Lipinski definition) is 2. The SMILES string of the molecule is CCC(CC)CN1C2CCC1CC(O)C2. The van der Waals surface area contributed by atoms with E-state index in [9.17, 15) is 5.11 Å². The zero-order valence-electron chi connectivity index (χ0n) is 10.2. The van der Waals surface area contributed by atoms with Crippen molar-refractivity contribution in [1.82, 2.24) is 4.90 Å². The molecule has 0 aromatic heterocycles. The first-order chi connectivity index (χ1) is 7.24. The van der Waals surface area contributed by atoms with Crippen LogP contribution < -0.4 is 0 Å². The van der Waals surface area contributed by atoms with Crippen LogP contribution in [0.5, 0.6) is 0 Å². The Morgan fingerprint density at radius 2 is 1.67 bits per heavy atom. The normalized spacial score (nSPS) is 36.4. The molecule has 2 aliphatic heterocycles. The van der Waals surface area contributed by atoms with Crippen LogP contribution >= 0.6 is 0 Å². The maximum absolute atomic E-state index is 9.73. The van der Waals surface area contributed by atoms with Crippen molar-refractivity contribution in [3.63, 3.8) is 0 Å². The van der Waals surface area contributed by atoms with Crippen LogP contribution in [0.15, 0.2) is 0 Å². The summed E-state index contributed by atoms with van der Waals surface area (Å²) < 4.78 is 0. The molecule has 0 aromatic rings. The van der Waals surface area contributed by atoms with Crippen molar-refractivity contribution in [2.75, 3.05) is 6.54 Å². The first kappa shape index (κ1) is 11.4.